The summed E-state index contributed by atoms with van der Waals surface area (Å²) < 4.78 is 5.15. The molecule has 0 aromatic heterocycles. The van der Waals surface area contributed by atoms with Gasteiger partial charge in [0, 0.05) is 11.8 Å². The van der Waals surface area contributed by atoms with Gasteiger partial charge in [-0.25, -0.2) is 0 Å². The highest BCUT2D eigenvalue weighted by Gasteiger charge is 2.04. The second-order valence-electron chi connectivity index (χ2n) is 3.56. The van der Waals surface area contributed by atoms with E-state index in [4.69, 9.17) is 22.1 Å². The van der Waals surface area contributed by atoms with E-state index in [1.807, 2.05) is 30.3 Å². The molecule has 0 amide bonds. The molecule has 0 heterocycles. The van der Waals surface area contributed by atoms with E-state index in [0.29, 0.717) is 16.4 Å². The summed E-state index contributed by atoms with van der Waals surface area (Å²) in [6, 6.07) is 13.0. The van der Waals surface area contributed by atoms with Crippen LogP contribution in [0.5, 0.6) is 5.75 Å². The molecule has 0 spiro atoms. The summed E-state index contributed by atoms with van der Waals surface area (Å²) in [4.78, 5) is 0. The molecule has 2 rings (SSSR count). The molecule has 0 aliphatic heterocycles. The third-order valence-corrected chi connectivity index (χ3v) is 2.70. The molecule has 0 saturated carbocycles. The first kappa shape index (κ1) is 11.6. The van der Waals surface area contributed by atoms with Gasteiger partial charge in [-0.2, -0.15) is 0 Å². The molecule has 3 N–H and O–H groups in total. The van der Waals surface area contributed by atoms with Gasteiger partial charge in [-0.15, -0.1) is 0 Å². The maximum atomic E-state index is 6.08. The molecule has 88 valence electrons. The van der Waals surface area contributed by atoms with E-state index in [-0.39, 0.29) is 0 Å². The van der Waals surface area contributed by atoms with Crippen LogP contribution in [-0.2, 0) is 0 Å². The summed E-state index contributed by atoms with van der Waals surface area (Å²) in [5, 5.41) is 3.77. The summed E-state index contributed by atoms with van der Waals surface area (Å²) in [6.45, 7) is 0. The largest absolute Gasteiger partial charge is 0.497 e. The number of hydrogen-bond acceptors (Lipinski definition) is 3. The summed E-state index contributed by atoms with van der Waals surface area (Å²) in [5.41, 5.74) is 8.06. The lowest BCUT2D eigenvalue weighted by Crippen LogP contribution is -1.97. The Morgan fingerprint density at radius 1 is 1.18 bits per heavy atom. The highest BCUT2D eigenvalue weighted by atomic mass is 35.5. The summed E-state index contributed by atoms with van der Waals surface area (Å²) in [5.74, 6) is 0.778. The van der Waals surface area contributed by atoms with Gasteiger partial charge in [0.1, 0.15) is 5.75 Å². The first-order valence-corrected chi connectivity index (χ1v) is 5.53. The van der Waals surface area contributed by atoms with Gasteiger partial charge in [0.05, 0.1) is 23.5 Å². The van der Waals surface area contributed by atoms with Crippen LogP contribution in [0.1, 0.15) is 0 Å². The minimum atomic E-state index is 0.591. The number of nitrogen functional groups attached to an aromatic ring is 1. The second kappa shape index (κ2) is 4.97. The number of nitrogens with one attached hydrogen (secondary N) is 1. The molecule has 0 saturated heterocycles. The van der Waals surface area contributed by atoms with Crippen LogP contribution < -0.4 is 15.8 Å². The van der Waals surface area contributed by atoms with Gasteiger partial charge in [-0.3, -0.25) is 0 Å². The predicted octanol–water partition coefficient (Wildman–Crippen LogP) is 3.67. The first-order valence-electron chi connectivity index (χ1n) is 5.16. The van der Waals surface area contributed by atoms with Gasteiger partial charge in [-0.05, 0) is 24.3 Å². The minimum absolute atomic E-state index is 0.591. The number of hydrogen-bond donors (Lipinski definition) is 2. The summed E-state index contributed by atoms with van der Waals surface area (Å²) >= 11 is 6.08. The van der Waals surface area contributed by atoms with Gasteiger partial charge in [-0.1, -0.05) is 23.7 Å². The van der Waals surface area contributed by atoms with Crippen molar-refractivity contribution in [2.24, 2.45) is 0 Å². The number of benzene rings is 2. The number of halogens is 1. The molecule has 0 fully saturated rings. The average Bonchev–Trinajstić information content (AvgIpc) is 2.34. The summed E-state index contributed by atoms with van der Waals surface area (Å²) in [7, 11) is 1.63. The zero-order valence-electron chi connectivity index (χ0n) is 9.41. The molecular formula is C13H13ClN2O. The van der Waals surface area contributed by atoms with Crippen molar-refractivity contribution in [1.82, 2.24) is 0 Å². The molecule has 0 unspecified atom stereocenters. The van der Waals surface area contributed by atoms with E-state index < -0.39 is 0 Å². The molecule has 0 atom stereocenters. The standard InChI is InChI=1S/C13H13ClN2O/c1-17-10-5-2-4-9(8-10)16-13-11(14)6-3-7-12(13)15/h2-8,16H,15H2,1H3. The molecule has 4 heteroatoms. The molecule has 0 bridgehead atoms. The van der Waals surface area contributed by atoms with Crippen molar-refractivity contribution in [3.8, 4) is 5.75 Å². The molecule has 0 aliphatic carbocycles. The molecule has 3 nitrogen and oxygen atoms in total. The SMILES string of the molecule is COc1cccc(Nc2c(N)cccc2Cl)c1. The fourth-order valence-corrected chi connectivity index (χ4v) is 1.75. The van der Waals surface area contributed by atoms with Crippen LogP contribution in [0, 0.1) is 0 Å². The van der Waals surface area contributed by atoms with E-state index in [1.165, 1.54) is 0 Å². The highest BCUT2D eigenvalue weighted by molar-refractivity contribution is 6.34. The van der Waals surface area contributed by atoms with Crippen LogP contribution >= 0.6 is 11.6 Å². The number of para-hydroxylation sites is 1. The Morgan fingerprint density at radius 3 is 2.65 bits per heavy atom. The topological polar surface area (TPSA) is 47.3 Å². The Kier molecular flexibility index (Phi) is 3.40. The van der Waals surface area contributed by atoms with Crippen LogP contribution in [-0.4, -0.2) is 7.11 Å². The van der Waals surface area contributed by atoms with Crippen LogP contribution in [0.3, 0.4) is 0 Å². The van der Waals surface area contributed by atoms with E-state index in [0.717, 1.165) is 11.4 Å². The molecule has 0 aliphatic rings. The number of anilines is 3. The van der Waals surface area contributed by atoms with Crippen molar-refractivity contribution in [2.45, 2.75) is 0 Å². The van der Waals surface area contributed by atoms with Crippen molar-refractivity contribution in [2.75, 3.05) is 18.2 Å². The Balaban J connectivity index is 2.31. The molecule has 17 heavy (non-hydrogen) atoms. The van der Waals surface area contributed by atoms with Crippen molar-refractivity contribution < 1.29 is 4.74 Å². The van der Waals surface area contributed by atoms with Crippen molar-refractivity contribution in [1.29, 1.82) is 0 Å². The Morgan fingerprint density at radius 2 is 1.94 bits per heavy atom. The highest BCUT2D eigenvalue weighted by Crippen LogP contribution is 2.31. The number of nitrogens with two attached hydrogens (primary N) is 1. The molecule has 2 aromatic carbocycles. The zero-order valence-corrected chi connectivity index (χ0v) is 10.2. The fourth-order valence-electron chi connectivity index (χ4n) is 1.52. The lowest BCUT2D eigenvalue weighted by molar-refractivity contribution is 0.415. The van der Waals surface area contributed by atoms with E-state index in [2.05, 4.69) is 5.32 Å². The number of methoxy groups -OCH3 is 1. The van der Waals surface area contributed by atoms with Gasteiger partial charge in [0.2, 0.25) is 0 Å². The third-order valence-electron chi connectivity index (χ3n) is 2.38. The van der Waals surface area contributed by atoms with Crippen LogP contribution in [0.25, 0.3) is 0 Å². The van der Waals surface area contributed by atoms with Gasteiger partial charge in [0.15, 0.2) is 0 Å². The number of ether oxygens (including phenoxy) is 1. The van der Waals surface area contributed by atoms with Crippen molar-refractivity contribution >= 4 is 28.7 Å². The van der Waals surface area contributed by atoms with Gasteiger partial charge < -0.3 is 15.8 Å². The van der Waals surface area contributed by atoms with Gasteiger partial charge >= 0.3 is 0 Å². The third kappa shape index (κ3) is 2.63. The fraction of sp³-hybridized carbons (Fsp3) is 0.0769. The van der Waals surface area contributed by atoms with Crippen LogP contribution in [0.15, 0.2) is 42.5 Å². The van der Waals surface area contributed by atoms with Crippen LogP contribution in [0.2, 0.25) is 5.02 Å². The van der Waals surface area contributed by atoms with Crippen molar-refractivity contribution in [3.63, 3.8) is 0 Å². The normalized spacial score (nSPS) is 10.0. The number of rotatable bonds is 3. The molecule has 2 aromatic rings. The van der Waals surface area contributed by atoms with E-state index in [9.17, 15) is 0 Å². The quantitative estimate of drug-likeness (QED) is 0.815. The monoisotopic (exact) mass is 248 g/mol. The average molecular weight is 249 g/mol. The summed E-state index contributed by atoms with van der Waals surface area (Å²) in [6.07, 6.45) is 0. The first-order chi connectivity index (χ1) is 8.20. The Hall–Kier alpha value is -1.87. The lowest BCUT2D eigenvalue weighted by Gasteiger charge is -2.11. The predicted molar refractivity (Wildman–Crippen MR) is 72.1 cm³/mol. The Labute approximate surface area is 105 Å². The van der Waals surface area contributed by atoms with E-state index >= 15 is 0 Å². The van der Waals surface area contributed by atoms with E-state index in [1.54, 1.807) is 19.2 Å². The zero-order chi connectivity index (χ0) is 12.3. The van der Waals surface area contributed by atoms with Crippen molar-refractivity contribution in [3.05, 3.63) is 47.5 Å². The molecule has 0 radical (unpaired) electrons. The maximum absolute atomic E-state index is 6.08. The smallest absolute Gasteiger partial charge is 0.120 e. The minimum Gasteiger partial charge on any atom is -0.497 e. The molecular weight excluding hydrogens is 236 g/mol. The maximum Gasteiger partial charge on any atom is 0.120 e. The Bertz CT molecular complexity index is 508. The van der Waals surface area contributed by atoms with Gasteiger partial charge in [0.25, 0.3) is 0 Å². The van der Waals surface area contributed by atoms with Crippen LogP contribution in [0.4, 0.5) is 17.1 Å². The second-order valence-corrected chi connectivity index (χ2v) is 3.97. The lowest BCUT2D eigenvalue weighted by atomic mass is 10.2.